The summed E-state index contributed by atoms with van der Waals surface area (Å²) in [6, 6.07) is 13.7. The molecule has 1 heterocycles. The summed E-state index contributed by atoms with van der Waals surface area (Å²) in [5.41, 5.74) is 1.82. The van der Waals surface area contributed by atoms with Crippen molar-refractivity contribution in [1.29, 1.82) is 0 Å². The quantitative estimate of drug-likeness (QED) is 0.646. The fraction of sp³-hybridized carbons (Fsp3) is 0.167. The molecule has 5 heteroatoms. The van der Waals surface area contributed by atoms with E-state index < -0.39 is 18.1 Å². The highest BCUT2D eigenvalue weighted by atomic mass is 19.3. The molecule has 0 spiro atoms. The Kier molecular flexibility index (Phi) is 3.94. The number of alkyl halides is 2. The Balaban J connectivity index is 2.27. The van der Waals surface area contributed by atoms with Crippen LogP contribution in [-0.4, -0.2) is 9.78 Å². The van der Waals surface area contributed by atoms with Gasteiger partial charge < -0.3 is 0 Å². The predicted molar refractivity (Wildman–Crippen MR) is 83.4 cm³/mol. The lowest BCUT2D eigenvalue weighted by Gasteiger charge is -2.07. The van der Waals surface area contributed by atoms with E-state index in [0.29, 0.717) is 11.3 Å². The molecular weight excluding hydrogens is 301 g/mol. The van der Waals surface area contributed by atoms with Crippen molar-refractivity contribution in [3.05, 3.63) is 71.3 Å². The van der Waals surface area contributed by atoms with Gasteiger partial charge in [0.2, 0.25) is 5.95 Å². The number of benzene rings is 2. The molecule has 0 aliphatic rings. The molecule has 0 bridgehead atoms. The Hall–Kier alpha value is -2.56. The van der Waals surface area contributed by atoms with Gasteiger partial charge in [0.1, 0.15) is 5.69 Å². The number of hydrogen-bond donors (Lipinski definition) is 0. The summed E-state index contributed by atoms with van der Waals surface area (Å²) in [6.45, 7) is 3.65. The van der Waals surface area contributed by atoms with Gasteiger partial charge in [-0.15, -0.1) is 0 Å². The van der Waals surface area contributed by atoms with E-state index in [4.69, 9.17) is 0 Å². The molecule has 2 aromatic carbocycles. The summed E-state index contributed by atoms with van der Waals surface area (Å²) in [5, 5.41) is 3.85. The van der Waals surface area contributed by atoms with E-state index in [1.807, 2.05) is 19.1 Å². The topological polar surface area (TPSA) is 17.8 Å². The van der Waals surface area contributed by atoms with Crippen LogP contribution in [0.5, 0.6) is 0 Å². The van der Waals surface area contributed by atoms with Crippen LogP contribution in [0, 0.1) is 19.8 Å². The molecule has 0 aliphatic heterocycles. The fourth-order valence-electron chi connectivity index (χ4n) is 2.55. The Morgan fingerprint density at radius 2 is 1.70 bits per heavy atom. The summed E-state index contributed by atoms with van der Waals surface area (Å²) in [4.78, 5) is 0. The molecule has 0 saturated carbocycles. The van der Waals surface area contributed by atoms with Crippen molar-refractivity contribution in [2.45, 2.75) is 20.3 Å². The van der Waals surface area contributed by atoms with E-state index in [2.05, 4.69) is 5.10 Å². The minimum Gasteiger partial charge on any atom is -0.205 e. The van der Waals surface area contributed by atoms with Crippen LogP contribution in [0.15, 0.2) is 48.5 Å². The van der Waals surface area contributed by atoms with Crippen LogP contribution >= 0.6 is 0 Å². The van der Waals surface area contributed by atoms with Crippen molar-refractivity contribution in [3.8, 4) is 16.8 Å². The molecule has 0 aliphatic carbocycles. The predicted octanol–water partition coefficient (Wildman–Crippen LogP) is 5.23. The molecule has 0 amide bonds. The molecule has 23 heavy (non-hydrogen) atoms. The third-order valence-electron chi connectivity index (χ3n) is 3.72. The summed E-state index contributed by atoms with van der Waals surface area (Å²) in [6.07, 6.45) is -2.86. The molecule has 0 saturated heterocycles. The lowest BCUT2D eigenvalue weighted by Crippen LogP contribution is -2.03. The minimum atomic E-state index is -2.86. The first-order chi connectivity index (χ1) is 11.0. The fourth-order valence-corrected chi connectivity index (χ4v) is 2.55. The van der Waals surface area contributed by atoms with Crippen LogP contribution in [0.1, 0.15) is 23.2 Å². The maximum absolute atomic E-state index is 14.9. The second-order valence-corrected chi connectivity index (χ2v) is 5.42. The molecule has 1 aromatic heterocycles. The summed E-state index contributed by atoms with van der Waals surface area (Å²) in [5.74, 6) is -0.778. The third kappa shape index (κ3) is 2.74. The average Bonchev–Trinajstić information content (AvgIpc) is 2.88. The van der Waals surface area contributed by atoms with E-state index in [1.54, 1.807) is 43.3 Å². The lowest BCUT2D eigenvalue weighted by molar-refractivity contribution is 0.146. The van der Waals surface area contributed by atoms with Crippen molar-refractivity contribution in [3.63, 3.8) is 0 Å². The number of nitrogens with zero attached hydrogens (tertiary/aromatic N) is 2. The smallest absolute Gasteiger partial charge is 0.205 e. The number of hydrogen-bond acceptors (Lipinski definition) is 1. The first-order valence-corrected chi connectivity index (χ1v) is 7.18. The largest absolute Gasteiger partial charge is 0.282 e. The summed E-state index contributed by atoms with van der Waals surface area (Å²) < 4.78 is 42.6. The molecule has 0 radical (unpaired) electrons. The average molecular weight is 316 g/mol. The van der Waals surface area contributed by atoms with Crippen LogP contribution in [0.2, 0.25) is 0 Å². The molecular formula is C18H15F3N2. The second-order valence-electron chi connectivity index (χ2n) is 5.42. The van der Waals surface area contributed by atoms with Crippen LogP contribution in [0.4, 0.5) is 13.2 Å². The zero-order valence-corrected chi connectivity index (χ0v) is 12.7. The normalized spacial score (nSPS) is 11.2. The zero-order chi connectivity index (χ0) is 16.6. The maximum atomic E-state index is 14.9. The molecule has 0 fully saturated rings. The van der Waals surface area contributed by atoms with Gasteiger partial charge in [-0.25, -0.2) is 13.5 Å². The zero-order valence-electron chi connectivity index (χ0n) is 12.7. The highest BCUT2D eigenvalue weighted by Gasteiger charge is 2.26. The van der Waals surface area contributed by atoms with Crippen LogP contribution in [0.3, 0.4) is 0 Å². The van der Waals surface area contributed by atoms with Gasteiger partial charge >= 0.3 is 0 Å². The van der Waals surface area contributed by atoms with Gasteiger partial charge in [-0.2, -0.15) is 9.49 Å². The Bertz CT molecular complexity index is 839. The van der Waals surface area contributed by atoms with E-state index >= 15 is 0 Å². The van der Waals surface area contributed by atoms with E-state index in [-0.39, 0.29) is 5.56 Å². The van der Waals surface area contributed by atoms with Gasteiger partial charge in [0.25, 0.3) is 6.43 Å². The highest BCUT2D eigenvalue weighted by molar-refractivity contribution is 5.67. The van der Waals surface area contributed by atoms with Gasteiger partial charge in [0, 0.05) is 0 Å². The molecule has 0 N–H and O–H groups in total. The van der Waals surface area contributed by atoms with Gasteiger partial charge in [-0.1, -0.05) is 42.5 Å². The van der Waals surface area contributed by atoms with Crippen molar-refractivity contribution in [2.75, 3.05) is 0 Å². The van der Waals surface area contributed by atoms with E-state index in [9.17, 15) is 13.2 Å². The van der Waals surface area contributed by atoms with Crippen molar-refractivity contribution in [1.82, 2.24) is 9.78 Å². The molecule has 0 unspecified atom stereocenters. The van der Waals surface area contributed by atoms with Gasteiger partial charge in [0.05, 0.1) is 11.3 Å². The first-order valence-electron chi connectivity index (χ1n) is 7.18. The van der Waals surface area contributed by atoms with Crippen LogP contribution < -0.4 is 0 Å². The monoisotopic (exact) mass is 316 g/mol. The molecule has 3 rings (SSSR count). The standard InChI is InChI=1S/C18H15F3N2/c1-11-8-9-12(2)14(10-11)23-18(21)15(16(22-23)17(19)20)13-6-4-3-5-7-13/h3-10,17H,1-2H3. The Labute approximate surface area is 132 Å². The SMILES string of the molecule is Cc1ccc(C)c(-n2nc(C(F)F)c(-c3ccccc3)c2F)c1. The lowest BCUT2D eigenvalue weighted by atomic mass is 10.1. The van der Waals surface area contributed by atoms with Crippen molar-refractivity contribution >= 4 is 0 Å². The van der Waals surface area contributed by atoms with Crippen LogP contribution in [-0.2, 0) is 0 Å². The number of halogens is 3. The minimum absolute atomic E-state index is 0.151. The molecule has 2 nitrogen and oxygen atoms in total. The van der Waals surface area contributed by atoms with Gasteiger partial charge in [-0.05, 0) is 36.6 Å². The van der Waals surface area contributed by atoms with Gasteiger partial charge in [-0.3, -0.25) is 0 Å². The van der Waals surface area contributed by atoms with E-state index in [0.717, 1.165) is 15.8 Å². The summed E-state index contributed by atoms with van der Waals surface area (Å²) >= 11 is 0. The Morgan fingerprint density at radius 1 is 1.00 bits per heavy atom. The second kappa shape index (κ2) is 5.91. The number of rotatable bonds is 3. The van der Waals surface area contributed by atoms with Crippen molar-refractivity contribution < 1.29 is 13.2 Å². The molecule has 0 atom stereocenters. The molecule has 3 aromatic rings. The number of aryl methyl sites for hydroxylation is 2. The summed E-state index contributed by atoms with van der Waals surface area (Å²) in [7, 11) is 0. The molecule has 118 valence electrons. The van der Waals surface area contributed by atoms with E-state index in [1.165, 1.54) is 0 Å². The maximum Gasteiger partial charge on any atom is 0.282 e. The Morgan fingerprint density at radius 3 is 2.35 bits per heavy atom. The van der Waals surface area contributed by atoms with Crippen molar-refractivity contribution in [2.24, 2.45) is 0 Å². The van der Waals surface area contributed by atoms with Gasteiger partial charge in [0.15, 0.2) is 0 Å². The third-order valence-corrected chi connectivity index (χ3v) is 3.72. The number of aromatic nitrogens is 2. The highest BCUT2D eigenvalue weighted by Crippen LogP contribution is 2.34. The van der Waals surface area contributed by atoms with Crippen LogP contribution in [0.25, 0.3) is 16.8 Å². The first kappa shape index (κ1) is 15.3.